The van der Waals surface area contributed by atoms with Crippen molar-refractivity contribution in [3.63, 3.8) is 0 Å². The van der Waals surface area contributed by atoms with Crippen LogP contribution in [0.1, 0.15) is 56.3 Å². The van der Waals surface area contributed by atoms with Crippen LogP contribution < -0.4 is 5.32 Å². The quantitative estimate of drug-likeness (QED) is 0.714. The van der Waals surface area contributed by atoms with Crippen molar-refractivity contribution in [1.82, 2.24) is 10.2 Å². The normalized spacial score (nSPS) is 22.6. The van der Waals surface area contributed by atoms with E-state index in [9.17, 15) is 18.4 Å². The van der Waals surface area contributed by atoms with E-state index < -0.39 is 35.5 Å². The molecule has 1 saturated heterocycles. The van der Waals surface area contributed by atoms with Gasteiger partial charge in [-0.05, 0) is 57.2 Å². The predicted molar refractivity (Wildman–Crippen MR) is 122 cm³/mol. The van der Waals surface area contributed by atoms with Gasteiger partial charge in [0.15, 0.2) is 0 Å². The molecule has 2 aliphatic heterocycles. The fraction of sp³-hybridized carbons (Fsp3) is 0.462. The molecule has 34 heavy (non-hydrogen) atoms. The number of fused-ring (bicyclic) bond motifs is 1. The van der Waals surface area contributed by atoms with Crippen molar-refractivity contribution in [2.75, 3.05) is 13.2 Å². The molecule has 2 aromatic rings. The standard InChI is InChI=1S/C26H30F2N2O4/c1-26(2,3)34-25(32)29-18-9-11-22(33-15-18)24(31)30-13-12-16-6-4-5-7-19(16)23(30)20-10-8-17(27)14-21(20)28/h4-8,10,14,18,22-23H,9,11-13,15H2,1-3H3,(H,29,32)/t18-,22+,23?/m0/s1. The first-order chi connectivity index (χ1) is 16.1. The molecule has 4 rings (SSSR count). The van der Waals surface area contributed by atoms with Gasteiger partial charge in [0.25, 0.3) is 5.91 Å². The third-order valence-electron chi connectivity index (χ3n) is 6.10. The van der Waals surface area contributed by atoms with Gasteiger partial charge in [-0.2, -0.15) is 0 Å². The average Bonchev–Trinajstić information content (AvgIpc) is 2.77. The number of carbonyl (C=O) groups excluding carboxylic acids is 2. The molecule has 2 heterocycles. The van der Waals surface area contributed by atoms with Crippen LogP contribution in [-0.2, 0) is 20.7 Å². The van der Waals surface area contributed by atoms with Crippen molar-refractivity contribution >= 4 is 12.0 Å². The Labute approximate surface area is 198 Å². The molecular formula is C26H30F2N2O4. The molecule has 182 valence electrons. The Kier molecular flexibility index (Phi) is 6.89. The van der Waals surface area contributed by atoms with Gasteiger partial charge in [0.2, 0.25) is 0 Å². The molecule has 1 unspecified atom stereocenters. The number of benzene rings is 2. The van der Waals surface area contributed by atoms with E-state index in [0.717, 1.165) is 17.2 Å². The highest BCUT2D eigenvalue weighted by molar-refractivity contribution is 5.82. The van der Waals surface area contributed by atoms with E-state index >= 15 is 0 Å². The van der Waals surface area contributed by atoms with Gasteiger partial charge < -0.3 is 19.7 Å². The van der Waals surface area contributed by atoms with Crippen molar-refractivity contribution in [2.45, 2.75) is 63.8 Å². The second-order valence-corrected chi connectivity index (χ2v) is 9.79. The number of carbonyl (C=O) groups is 2. The van der Waals surface area contributed by atoms with Crippen LogP contribution in [0.3, 0.4) is 0 Å². The summed E-state index contributed by atoms with van der Waals surface area (Å²) in [6.07, 6.45) is 0.376. The highest BCUT2D eigenvalue weighted by Gasteiger charge is 2.38. The molecule has 1 N–H and O–H groups in total. The van der Waals surface area contributed by atoms with Gasteiger partial charge in [-0.15, -0.1) is 0 Å². The van der Waals surface area contributed by atoms with E-state index in [1.165, 1.54) is 12.1 Å². The van der Waals surface area contributed by atoms with Gasteiger partial charge in [-0.3, -0.25) is 4.79 Å². The highest BCUT2D eigenvalue weighted by atomic mass is 19.1. The fourth-order valence-electron chi connectivity index (χ4n) is 4.58. The summed E-state index contributed by atoms with van der Waals surface area (Å²) >= 11 is 0. The molecule has 0 spiro atoms. The summed E-state index contributed by atoms with van der Waals surface area (Å²) in [4.78, 5) is 27.2. The molecule has 8 heteroatoms. The zero-order valence-electron chi connectivity index (χ0n) is 19.6. The van der Waals surface area contributed by atoms with Crippen LogP contribution in [0.2, 0.25) is 0 Å². The number of nitrogens with zero attached hydrogens (tertiary/aromatic N) is 1. The summed E-state index contributed by atoms with van der Waals surface area (Å²) in [6, 6.07) is 10.1. The summed E-state index contributed by atoms with van der Waals surface area (Å²) in [7, 11) is 0. The molecule has 2 aromatic carbocycles. The van der Waals surface area contributed by atoms with Crippen LogP contribution in [0, 0.1) is 11.6 Å². The summed E-state index contributed by atoms with van der Waals surface area (Å²) in [5.74, 6) is -1.59. The third kappa shape index (κ3) is 5.38. The number of alkyl carbamates (subject to hydrolysis) is 1. The molecule has 0 saturated carbocycles. The molecule has 0 radical (unpaired) electrons. The van der Waals surface area contributed by atoms with E-state index in [-0.39, 0.29) is 24.1 Å². The molecule has 1 fully saturated rings. The van der Waals surface area contributed by atoms with Crippen LogP contribution in [0.25, 0.3) is 0 Å². The first-order valence-corrected chi connectivity index (χ1v) is 11.6. The highest BCUT2D eigenvalue weighted by Crippen LogP contribution is 2.37. The number of ether oxygens (including phenoxy) is 2. The van der Waals surface area contributed by atoms with Gasteiger partial charge in [0.05, 0.1) is 18.7 Å². The molecule has 3 atom stereocenters. The average molecular weight is 473 g/mol. The van der Waals surface area contributed by atoms with E-state index in [1.807, 2.05) is 24.3 Å². The number of hydrogen-bond acceptors (Lipinski definition) is 4. The van der Waals surface area contributed by atoms with Crippen LogP contribution in [0.4, 0.5) is 13.6 Å². The van der Waals surface area contributed by atoms with Gasteiger partial charge >= 0.3 is 6.09 Å². The van der Waals surface area contributed by atoms with Crippen LogP contribution >= 0.6 is 0 Å². The van der Waals surface area contributed by atoms with Crippen molar-refractivity contribution < 1.29 is 27.8 Å². The number of nitrogens with one attached hydrogen (secondary N) is 1. The smallest absolute Gasteiger partial charge is 0.407 e. The first kappa shape index (κ1) is 24.1. The summed E-state index contributed by atoms with van der Waals surface area (Å²) in [5, 5.41) is 2.78. The molecule has 6 nitrogen and oxygen atoms in total. The molecule has 0 bridgehead atoms. The van der Waals surface area contributed by atoms with E-state index in [4.69, 9.17) is 9.47 Å². The van der Waals surface area contributed by atoms with Crippen molar-refractivity contribution in [2.24, 2.45) is 0 Å². The van der Waals surface area contributed by atoms with Gasteiger partial charge in [0, 0.05) is 18.2 Å². The minimum atomic E-state index is -0.701. The molecule has 0 aromatic heterocycles. The van der Waals surface area contributed by atoms with E-state index in [2.05, 4.69) is 5.32 Å². The molecular weight excluding hydrogens is 442 g/mol. The number of hydrogen-bond donors (Lipinski definition) is 1. The molecule has 0 aliphatic carbocycles. The maximum atomic E-state index is 14.8. The van der Waals surface area contributed by atoms with Crippen LogP contribution in [0.5, 0.6) is 0 Å². The lowest BCUT2D eigenvalue weighted by Crippen LogP contribution is -2.51. The Balaban J connectivity index is 1.49. The lowest BCUT2D eigenvalue weighted by molar-refractivity contribution is -0.149. The Morgan fingerprint density at radius 3 is 2.53 bits per heavy atom. The number of rotatable bonds is 3. The largest absolute Gasteiger partial charge is 0.444 e. The van der Waals surface area contributed by atoms with Crippen molar-refractivity contribution in [3.8, 4) is 0 Å². The first-order valence-electron chi connectivity index (χ1n) is 11.6. The topological polar surface area (TPSA) is 67.9 Å². The fourth-order valence-corrected chi connectivity index (χ4v) is 4.58. The zero-order chi connectivity index (χ0) is 24.5. The Hall–Kier alpha value is -3.00. The zero-order valence-corrected chi connectivity index (χ0v) is 19.6. The Morgan fingerprint density at radius 1 is 1.09 bits per heavy atom. The SMILES string of the molecule is CC(C)(C)OC(=O)N[C@H]1CC[C@H](C(=O)N2CCc3ccccc3C2c2ccc(F)cc2F)OC1. The molecule has 2 aliphatic rings. The lowest BCUT2D eigenvalue weighted by Gasteiger charge is -2.40. The Morgan fingerprint density at radius 2 is 1.85 bits per heavy atom. The summed E-state index contributed by atoms with van der Waals surface area (Å²) in [5.41, 5.74) is 1.51. The van der Waals surface area contributed by atoms with Gasteiger partial charge in [0.1, 0.15) is 23.3 Å². The lowest BCUT2D eigenvalue weighted by atomic mass is 9.87. The van der Waals surface area contributed by atoms with E-state index in [1.54, 1.807) is 25.7 Å². The Bertz CT molecular complexity index is 1060. The summed E-state index contributed by atoms with van der Waals surface area (Å²) < 4.78 is 39.6. The van der Waals surface area contributed by atoms with E-state index in [0.29, 0.717) is 25.8 Å². The maximum Gasteiger partial charge on any atom is 0.407 e. The number of halogens is 2. The predicted octanol–water partition coefficient (Wildman–Crippen LogP) is 4.51. The molecule has 2 amide bonds. The van der Waals surface area contributed by atoms with Crippen LogP contribution in [0.15, 0.2) is 42.5 Å². The van der Waals surface area contributed by atoms with Gasteiger partial charge in [-0.25, -0.2) is 13.6 Å². The second-order valence-electron chi connectivity index (χ2n) is 9.79. The third-order valence-corrected chi connectivity index (χ3v) is 6.10. The minimum absolute atomic E-state index is 0.176. The summed E-state index contributed by atoms with van der Waals surface area (Å²) in [6.45, 7) is 5.94. The number of amides is 2. The van der Waals surface area contributed by atoms with Gasteiger partial charge in [-0.1, -0.05) is 30.3 Å². The van der Waals surface area contributed by atoms with Crippen molar-refractivity contribution in [1.29, 1.82) is 0 Å². The van der Waals surface area contributed by atoms with Crippen LogP contribution in [-0.4, -0.2) is 47.8 Å². The maximum absolute atomic E-state index is 14.8. The van der Waals surface area contributed by atoms with Crippen molar-refractivity contribution in [3.05, 3.63) is 70.8 Å². The second kappa shape index (κ2) is 9.70. The monoisotopic (exact) mass is 472 g/mol. The minimum Gasteiger partial charge on any atom is -0.444 e.